The van der Waals surface area contributed by atoms with Crippen molar-refractivity contribution in [3.63, 3.8) is 0 Å². The second-order valence-corrected chi connectivity index (χ2v) is 4.77. The van der Waals surface area contributed by atoms with Gasteiger partial charge >= 0.3 is 0 Å². The van der Waals surface area contributed by atoms with Gasteiger partial charge in [0.05, 0.1) is 17.9 Å². The molecular formula is C12H22N4. The van der Waals surface area contributed by atoms with Gasteiger partial charge in [0.25, 0.3) is 0 Å². The largest absolute Gasteiger partial charge is 0.326 e. The van der Waals surface area contributed by atoms with Crippen LogP contribution in [-0.2, 0) is 7.05 Å². The van der Waals surface area contributed by atoms with E-state index in [0.717, 1.165) is 19.5 Å². The van der Waals surface area contributed by atoms with Gasteiger partial charge in [-0.2, -0.15) is 5.10 Å². The predicted octanol–water partition coefficient (Wildman–Crippen LogP) is 1.21. The molecule has 2 atom stereocenters. The first-order valence-corrected chi connectivity index (χ1v) is 6.13. The van der Waals surface area contributed by atoms with Crippen LogP contribution < -0.4 is 5.73 Å². The van der Waals surface area contributed by atoms with E-state index in [0.29, 0.717) is 6.04 Å². The monoisotopic (exact) mass is 222 g/mol. The van der Waals surface area contributed by atoms with E-state index in [2.05, 4.69) is 23.8 Å². The Hall–Kier alpha value is -0.870. The van der Waals surface area contributed by atoms with E-state index >= 15 is 0 Å². The summed E-state index contributed by atoms with van der Waals surface area (Å²) in [4.78, 5) is 2.49. The summed E-state index contributed by atoms with van der Waals surface area (Å²) in [6.45, 7) is 6.59. The zero-order chi connectivity index (χ0) is 11.7. The Kier molecular flexibility index (Phi) is 3.30. The lowest BCUT2D eigenvalue weighted by molar-refractivity contribution is 0.238. The van der Waals surface area contributed by atoms with Gasteiger partial charge in [-0.25, -0.2) is 0 Å². The van der Waals surface area contributed by atoms with E-state index in [9.17, 15) is 0 Å². The standard InChI is InChI=1S/C12H22N4/c1-4-6-16-7-5-10(13)12(16)11-9(2)8-14-15(11)3/h8,10,12H,4-7,13H2,1-3H3/t10-,12-/m1/s1. The molecular weight excluding hydrogens is 200 g/mol. The van der Waals surface area contributed by atoms with Gasteiger partial charge in [-0.05, 0) is 31.9 Å². The average Bonchev–Trinajstić information content (AvgIpc) is 2.74. The molecule has 0 unspecified atom stereocenters. The topological polar surface area (TPSA) is 47.1 Å². The third-order valence-electron chi connectivity index (χ3n) is 3.52. The molecule has 1 aromatic heterocycles. The summed E-state index contributed by atoms with van der Waals surface area (Å²) in [5, 5.41) is 4.32. The molecule has 0 amide bonds. The smallest absolute Gasteiger partial charge is 0.0673 e. The van der Waals surface area contributed by atoms with Crippen LogP contribution in [0.5, 0.6) is 0 Å². The van der Waals surface area contributed by atoms with E-state index in [-0.39, 0.29) is 6.04 Å². The maximum atomic E-state index is 6.25. The van der Waals surface area contributed by atoms with Gasteiger partial charge in [0, 0.05) is 19.6 Å². The van der Waals surface area contributed by atoms with Crippen LogP contribution in [0.15, 0.2) is 6.20 Å². The van der Waals surface area contributed by atoms with E-state index in [4.69, 9.17) is 5.73 Å². The van der Waals surface area contributed by atoms with Crippen LogP contribution in [0.2, 0.25) is 0 Å². The van der Waals surface area contributed by atoms with E-state index < -0.39 is 0 Å². The highest BCUT2D eigenvalue weighted by atomic mass is 15.3. The van der Waals surface area contributed by atoms with Crippen molar-refractivity contribution >= 4 is 0 Å². The number of aromatic nitrogens is 2. The number of hydrogen-bond donors (Lipinski definition) is 1. The number of aryl methyl sites for hydroxylation is 2. The number of rotatable bonds is 3. The minimum atomic E-state index is 0.251. The van der Waals surface area contributed by atoms with Crippen molar-refractivity contribution in [3.05, 3.63) is 17.5 Å². The molecule has 0 bridgehead atoms. The third kappa shape index (κ3) is 1.87. The van der Waals surface area contributed by atoms with Gasteiger partial charge in [0.15, 0.2) is 0 Å². The quantitative estimate of drug-likeness (QED) is 0.836. The summed E-state index contributed by atoms with van der Waals surface area (Å²) in [5.74, 6) is 0. The number of nitrogens with zero attached hydrogens (tertiary/aromatic N) is 3. The molecule has 1 aliphatic rings. The lowest BCUT2D eigenvalue weighted by atomic mass is 10.0. The van der Waals surface area contributed by atoms with Crippen LogP contribution in [0.3, 0.4) is 0 Å². The summed E-state index contributed by atoms with van der Waals surface area (Å²) >= 11 is 0. The molecule has 1 aromatic rings. The van der Waals surface area contributed by atoms with Crippen LogP contribution in [0.25, 0.3) is 0 Å². The first-order valence-electron chi connectivity index (χ1n) is 6.13. The first-order chi connectivity index (χ1) is 7.65. The van der Waals surface area contributed by atoms with E-state index in [1.807, 2.05) is 17.9 Å². The van der Waals surface area contributed by atoms with Gasteiger partial charge in [0.1, 0.15) is 0 Å². The third-order valence-corrected chi connectivity index (χ3v) is 3.52. The number of nitrogens with two attached hydrogens (primary N) is 1. The molecule has 4 heteroatoms. The molecule has 16 heavy (non-hydrogen) atoms. The van der Waals surface area contributed by atoms with Crippen molar-refractivity contribution in [2.24, 2.45) is 12.8 Å². The fourth-order valence-electron chi connectivity index (χ4n) is 2.78. The minimum Gasteiger partial charge on any atom is -0.326 e. The summed E-state index contributed by atoms with van der Waals surface area (Å²) in [6, 6.07) is 0.605. The molecule has 1 fully saturated rings. The van der Waals surface area contributed by atoms with Gasteiger partial charge in [0.2, 0.25) is 0 Å². The Morgan fingerprint density at radius 1 is 1.56 bits per heavy atom. The first kappa shape index (κ1) is 11.6. The molecule has 4 nitrogen and oxygen atoms in total. The highest BCUT2D eigenvalue weighted by Crippen LogP contribution is 2.32. The molecule has 0 aliphatic carbocycles. The zero-order valence-electron chi connectivity index (χ0n) is 10.5. The van der Waals surface area contributed by atoms with Crippen molar-refractivity contribution in [2.45, 2.75) is 38.8 Å². The SMILES string of the molecule is CCCN1CC[C@@H](N)[C@@H]1c1c(C)cnn1C. The maximum Gasteiger partial charge on any atom is 0.0673 e. The Morgan fingerprint density at radius 3 is 2.88 bits per heavy atom. The van der Waals surface area contributed by atoms with Crippen LogP contribution in [0.1, 0.15) is 37.1 Å². The summed E-state index contributed by atoms with van der Waals surface area (Å²) in [7, 11) is 2.01. The highest BCUT2D eigenvalue weighted by molar-refractivity contribution is 5.22. The molecule has 2 N–H and O–H groups in total. The fraction of sp³-hybridized carbons (Fsp3) is 0.750. The molecule has 1 aliphatic heterocycles. The predicted molar refractivity (Wildman–Crippen MR) is 65.1 cm³/mol. The van der Waals surface area contributed by atoms with Gasteiger partial charge in [-0.1, -0.05) is 6.92 Å². The van der Waals surface area contributed by atoms with Crippen LogP contribution in [0.4, 0.5) is 0 Å². The Bertz CT molecular complexity index is 336. The molecule has 90 valence electrons. The Labute approximate surface area is 97.4 Å². The summed E-state index contributed by atoms with van der Waals surface area (Å²) in [5.41, 5.74) is 8.79. The Balaban J connectivity index is 2.29. The molecule has 0 aromatic carbocycles. The second kappa shape index (κ2) is 4.55. The maximum absolute atomic E-state index is 6.25. The molecule has 0 spiro atoms. The lowest BCUT2D eigenvalue weighted by Crippen LogP contribution is -2.34. The van der Waals surface area contributed by atoms with Gasteiger partial charge in [-0.15, -0.1) is 0 Å². The van der Waals surface area contributed by atoms with E-state index in [1.165, 1.54) is 17.7 Å². The second-order valence-electron chi connectivity index (χ2n) is 4.77. The molecule has 0 radical (unpaired) electrons. The number of hydrogen-bond acceptors (Lipinski definition) is 3. The summed E-state index contributed by atoms with van der Waals surface area (Å²) < 4.78 is 1.98. The molecule has 1 saturated heterocycles. The lowest BCUT2D eigenvalue weighted by Gasteiger charge is -2.27. The van der Waals surface area contributed by atoms with Crippen molar-refractivity contribution in [2.75, 3.05) is 13.1 Å². The molecule has 2 rings (SSSR count). The van der Waals surface area contributed by atoms with Gasteiger partial charge < -0.3 is 5.73 Å². The van der Waals surface area contributed by atoms with Crippen molar-refractivity contribution in [1.82, 2.24) is 14.7 Å². The molecule has 0 saturated carbocycles. The van der Waals surface area contributed by atoms with Crippen LogP contribution in [0, 0.1) is 6.92 Å². The zero-order valence-corrected chi connectivity index (χ0v) is 10.5. The Morgan fingerprint density at radius 2 is 2.31 bits per heavy atom. The van der Waals surface area contributed by atoms with Crippen LogP contribution >= 0.6 is 0 Å². The van der Waals surface area contributed by atoms with Crippen molar-refractivity contribution < 1.29 is 0 Å². The highest BCUT2D eigenvalue weighted by Gasteiger charge is 2.35. The van der Waals surface area contributed by atoms with Crippen molar-refractivity contribution in [3.8, 4) is 0 Å². The molecule has 2 heterocycles. The van der Waals surface area contributed by atoms with E-state index in [1.54, 1.807) is 0 Å². The minimum absolute atomic E-state index is 0.251. The van der Waals surface area contributed by atoms with Gasteiger partial charge in [-0.3, -0.25) is 9.58 Å². The number of likely N-dealkylation sites (tertiary alicyclic amines) is 1. The van der Waals surface area contributed by atoms with Crippen LogP contribution in [-0.4, -0.2) is 33.8 Å². The fourth-order valence-corrected chi connectivity index (χ4v) is 2.78. The summed E-state index contributed by atoms with van der Waals surface area (Å²) in [6.07, 6.45) is 4.21. The normalized spacial score (nSPS) is 26.5. The van der Waals surface area contributed by atoms with Crippen molar-refractivity contribution in [1.29, 1.82) is 0 Å². The average molecular weight is 222 g/mol.